The Morgan fingerprint density at radius 2 is 2.30 bits per heavy atom. The second-order valence-corrected chi connectivity index (χ2v) is 6.75. The molecule has 2 N–H and O–H groups in total. The first-order chi connectivity index (χ1) is 14.0. The summed E-state index contributed by atoms with van der Waals surface area (Å²) in [5.41, 5.74) is 0.402. The van der Waals surface area contributed by atoms with E-state index in [2.05, 4.69) is 20.6 Å². The first-order valence-corrected chi connectivity index (χ1v) is 9.59. The maximum absolute atomic E-state index is 14.0. The van der Waals surface area contributed by atoms with E-state index in [4.69, 9.17) is 9.15 Å². The Bertz CT molecular complexity index is 889. The largest absolute Gasteiger partial charge is 0.465 e. The summed E-state index contributed by atoms with van der Waals surface area (Å²) in [6, 6.07) is 4.76. The van der Waals surface area contributed by atoms with Gasteiger partial charge in [0, 0.05) is 31.9 Å². The van der Waals surface area contributed by atoms with Crippen LogP contribution in [0.25, 0.3) is 0 Å². The minimum absolute atomic E-state index is 0. The van der Waals surface area contributed by atoms with Crippen LogP contribution in [0.3, 0.4) is 0 Å². The summed E-state index contributed by atoms with van der Waals surface area (Å²) in [6.45, 7) is 6.01. The molecule has 1 aliphatic rings. The van der Waals surface area contributed by atoms with Crippen molar-refractivity contribution in [2.24, 2.45) is 4.99 Å². The van der Waals surface area contributed by atoms with Gasteiger partial charge in [0.05, 0.1) is 7.11 Å². The number of aryl methyl sites for hydroxylation is 1. The normalized spacial score (nSPS) is 16.2. The SMILES string of the molecule is CCNC(=NCc1cc(C(=O)OC)c(C)o1)NC1CCN(c2ncccc2F)C1.I. The Hall–Kier alpha value is -2.37. The predicted molar refractivity (Wildman–Crippen MR) is 123 cm³/mol. The number of nitrogens with zero attached hydrogens (tertiary/aromatic N) is 3. The van der Waals surface area contributed by atoms with Crippen LogP contribution in [-0.2, 0) is 11.3 Å². The van der Waals surface area contributed by atoms with E-state index in [0.717, 1.165) is 6.42 Å². The van der Waals surface area contributed by atoms with Crippen LogP contribution in [0.4, 0.5) is 10.2 Å². The Morgan fingerprint density at radius 3 is 3.00 bits per heavy atom. The Balaban J connectivity index is 0.00000320. The molecule has 3 heterocycles. The van der Waals surface area contributed by atoms with Crippen molar-refractivity contribution in [3.8, 4) is 0 Å². The number of esters is 1. The molecule has 3 rings (SSSR count). The number of hydrogen-bond donors (Lipinski definition) is 2. The Morgan fingerprint density at radius 1 is 1.50 bits per heavy atom. The lowest BCUT2D eigenvalue weighted by molar-refractivity contribution is 0.0599. The van der Waals surface area contributed by atoms with E-state index in [1.807, 2.05) is 11.8 Å². The number of anilines is 1. The number of furan rings is 1. The average Bonchev–Trinajstić information content (AvgIpc) is 3.32. The lowest BCUT2D eigenvalue weighted by atomic mass is 10.2. The molecule has 8 nitrogen and oxygen atoms in total. The van der Waals surface area contributed by atoms with Gasteiger partial charge in [-0.1, -0.05) is 0 Å². The van der Waals surface area contributed by atoms with Crippen LogP contribution >= 0.6 is 24.0 Å². The van der Waals surface area contributed by atoms with E-state index in [0.29, 0.717) is 48.5 Å². The number of hydrogen-bond acceptors (Lipinski definition) is 6. The average molecular weight is 531 g/mol. The zero-order chi connectivity index (χ0) is 20.8. The minimum Gasteiger partial charge on any atom is -0.465 e. The van der Waals surface area contributed by atoms with Gasteiger partial charge in [0.25, 0.3) is 0 Å². The molecule has 2 aromatic rings. The molecule has 1 aliphatic heterocycles. The van der Waals surface area contributed by atoms with E-state index in [1.54, 1.807) is 25.3 Å². The highest BCUT2D eigenvalue weighted by Crippen LogP contribution is 2.21. The number of aromatic nitrogens is 1. The molecule has 0 bridgehead atoms. The summed E-state index contributed by atoms with van der Waals surface area (Å²) in [5, 5.41) is 6.57. The molecular formula is C20H27FIN5O3. The third kappa shape index (κ3) is 5.83. The van der Waals surface area contributed by atoms with Gasteiger partial charge in [0.15, 0.2) is 17.6 Å². The number of methoxy groups -OCH3 is 1. The maximum Gasteiger partial charge on any atom is 0.341 e. The number of nitrogens with one attached hydrogen (secondary N) is 2. The molecule has 2 aromatic heterocycles. The van der Waals surface area contributed by atoms with Crippen molar-refractivity contribution in [1.82, 2.24) is 15.6 Å². The van der Waals surface area contributed by atoms with E-state index in [9.17, 15) is 9.18 Å². The van der Waals surface area contributed by atoms with Gasteiger partial charge in [-0.05, 0) is 38.5 Å². The second-order valence-electron chi connectivity index (χ2n) is 6.75. The summed E-state index contributed by atoms with van der Waals surface area (Å²) in [6.07, 6.45) is 2.44. The van der Waals surface area contributed by atoms with E-state index >= 15 is 0 Å². The van der Waals surface area contributed by atoms with Crippen LogP contribution < -0.4 is 15.5 Å². The van der Waals surface area contributed by atoms with Gasteiger partial charge in [-0.2, -0.15) is 0 Å². The van der Waals surface area contributed by atoms with Gasteiger partial charge in [0.1, 0.15) is 23.6 Å². The molecule has 0 saturated carbocycles. The topological polar surface area (TPSA) is 92.0 Å². The third-order valence-electron chi connectivity index (χ3n) is 4.68. The van der Waals surface area contributed by atoms with Gasteiger partial charge in [-0.3, -0.25) is 0 Å². The second kappa shape index (κ2) is 11.1. The first kappa shape index (κ1) is 23.9. The quantitative estimate of drug-likeness (QED) is 0.257. The summed E-state index contributed by atoms with van der Waals surface area (Å²) in [4.78, 5) is 22.3. The van der Waals surface area contributed by atoms with Gasteiger partial charge in [-0.25, -0.2) is 19.2 Å². The van der Waals surface area contributed by atoms with Crippen LogP contribution in [0.2, 0.25) is 0 Å². The smallest absolute Gasteiger partial charge is 0.341 e. The Labute approximate surface area is 192 Å². The van der Waals surface area contributed by atoms with Crippen molar-refractivity contribution in [3.05, 3.63) is 47.3 Å². The monoisotopic (exact) mass is 531 g/mol. The first-order valence-electron chi connectivity index (χ1n) is 9.59. The number of carbonyl (C=O) groups excluding carboxylic acids is 1. The van der Waals surface area contributed by atoms with Gasteiger partial charge in [0.2, 0.25) is 0 Å². The standard InChI is InChI=1S/C20H26FN5O3.HI/c1-4-22-20(24-11-15-10-16(13(2)29-15)19(27)28-3)25-14-7-9-26(12-14)18-17(21)6-5-8-23-18;/h5-6,8,10,14H,4,7,9,11-12H2,1-3H3,(H2,22,24,25);1H. The molecule has 10 heteroatoms. The molecule has 30 heavy (non-hydrogen) atoms. The van der Waals surface area contributed by atoms with Crippen LogP contribution in [0, 0.1) is 12.7 Å². The molecule has 0 aliphatic carbocycles. The van der Waals surface area contributed by atoms with Crippen LogP contribution in [0.5, 0.6) is 0 Å². The van der Waals surface area contributed by atoms with Crippen LogP contribution in [-0.4, -0.2) is 49.7 Å². The zero-order valence-electron chi connectivity index (χ0n) is 17.3. The number of rotatable bonds is 6. The van der Waals surface area contributed by atoms with Crippen LogP contribution in [0.1, 0.15) is 35.2 Å². The van der Waals surface area contributed by atoms with Crippen molar-refractivity contribution in [2.75, 3.05) is 31.6 Å². The fourth-order valence-electron chi connectivity index (χ4n) is 3.29. The fourth-order valence-corrected chi connectivity index (χ4v) is 3.29. The fraction of sp³-hybridized carbons (Fsp3) is 0.450. The minimum atomic E-state index is -0.431. The number of carbonyl (C=O) groups is 1. The lowest BCUT2D eigenvalue weighted by Gasteiger charge is -2.19. The summed E-state index contributed by atoms with van der Waals surface area (Å²) >= 11 is 0. The summed E-state index contributed by atoms with van der Waals surface area (Å²) in [5.74, 6) is 1.34. The molecule has 0 spiro atoms. The number of guanidine groups is 1. The van der Waals surface area contributed by atoms with E-state index < -0.39 is 5.97 Å². The third-order valence-corrected chi connectivity index (χ3v) is 4.68. The van der Waals surface area contributed by atoms with Crippen molar-refractivity contribution < 1.29 is 18.3 Å². The highest BCUT2D eigenvalue weighted by Gasteiger charge is 2.26. The van der Waals surface area contributed by atoms with E-state index in [-0.39, 0.29) is 42.4 Å². The van der Waals surface area contributed by atoms with Gasteiger partial charge in [-0.15, -0.1) is 24.0 Å². The van der Waals surface area contributed by atoms with Gasteiger partial charge < -0.3 is 24.7 Å². The number of ether oxygens (including phenoxy) is 1. The summed E-state index contributed by atoms with van der Waals surface area (Å²) < 4.78 is 24.3. The number of halogens is 2. The molecule has 0 radical (unpaired) electrons. The number of pyridine rings is 1. The zero-order valence-corrected chi connectivity index (χ0v) is 19.6. The van der Waals surface area contributed by atoms with Crippen molar-refractivity contribution in [2.45, 2.75) is 32.9 Å². The lowest BCUT2D eigenvalue weighted by Crippen LogP contribution is -2.44. The van der Waals surface area contributed by atoms with Crippen molar-refractivity contribution >= 4 is 41.7 Å². The van der Waals surface area contributed by atoms with Gasteiger partial charge >= 0.3 is 5.97 Å². The highest BCUT2D eigenvalue weighted by atomic mass is 127. The number of aliphatic imine (C=N–C) groups is 1. The highest BCUT2D eigenvalue weighted by molar-refractivity contribution is 14.0. The van der Waals surface area contributed by atoms with Crippen molar-refractivity contribution in [1.29, 1.82) is 0 Å². The molecular weight excluding hydrogens is 504 g/mol. The Kier molecular flexibility index (Phi) is 8.88. The summed E-state index contributed by atoms with van der Waals surface area (Å²) in [7, 11) is 1.33. The predicted octanol–water partition coefficient (Wildman–Crippen LogP) is 2.86. The molecule has 1 atom stereocenters. The molecule has 1 unspecified atom stereocenters. The van der Waals surface area contributed by atoms with Crippen molar-refractivity contribution in [3.63, 3.8) is 0 Å². The molecule has 1 fully saturated rings. The van der Waals surface area contributed by atoms with Crippen LogP contribution in [0.15, 0.2) is 33.8 Å². The maximum atomic E-state index is 14.0. The molecule has 164 valence electrons. The van der Waals surface area contributed by atoms with E-state index in [1.165, 1.54) is 13.2 Å². The molecule has 0 amide bonds. The molecule has 0 aromatic carbocycles. The molecule has 1 saturated heterocycles.